The van der Waals surface area contributed by atoms with E-state index in [9.17, 15) is 18.3 Å². The Balaban J connectivity index is 1.94. The lowest BCUT2D eigenvalue weighted by Gasteiger charge is -2.31. The van der Waals surface area contributed by atoms with E-state index in [4.69, 9.17) is 16.4 Å². The highest BCUT2D eigenvalue weighted by atomic mass is 35.5. The van der Waals surface area contributed by atoms with Crippen LogP contribution in [-0.4, -0.2) is 54.2 Å². The molecule has 1 heterocycles. The van der Waals surface area contributed by atoms with Gasteiger partial charge in [0.2, 0.25) is 0 Å². The molecule has 1 fully saturated rings. The Labute approximate surface area is 192 Å². The smallest absolute Gasteiger partial charge is 0.270 e. The van der Waals surface area contributed by atoms with Crippen LogP contribution in [0.2, 0.25) is 5.02 Å². The number of hydrogen-bond acceptors (Lipinski definition) is 8. The normalized spacial score (nSPS) is 18.7. The van der Waals surface area contributed by atoms with Crippen LogP contribution in [0.4, 0.5) is 5.69 Å². The molecule has 2 unspecified atom stereocenters. The molecule has 1 aliphatic rings. The summed E-state index contributed by atoms with van der Waals surface area (Å²) in [6.45, 7) is 3.58. The second-order valence-electron chi connectivity index (χ2n) is 7.11. The van der Waals surface area contributed by atoms with E-state index >= 15 is 0 Å². The highest BCUT2D eigenvalue weighted by Crippen LogP contribution is 2.40. The van der Waals surface area contributed by atoms with Crippen LogP contribution in [0.25, 0.3) is 0 Å². The quantitative estimate of drug-likeness (QED) is 0.528. The molecule has 0 amide bonds. The molecule has 1 saturated carbocycles. The van der Waals surface area contributed by atoms with Gasteiger partial charge in [-0.15, -0.1) is 0 Å². The Kier molecular flexibility index (Phi) is 7.63. The second-order valence-corrected chi connectivity index (χ2v) is 9.28. The van der Waals surface area contributed by atoms with Crippen LogP contribution in [0, 0.1) is 0 Å². The predicted octanol–water partition coefficient (Wildman–Crippen LogP) is 3.17. The first-order chi connectivity index (χ1) is 15.2. The van der Waals surface area contributed by atoms with Gasteiger partial charge in [0.25, 0.3) is 10.0 Å². The molecule has 3 rings (SSSR count). The standard InChI is InChI=1S/C21H25ClN4O5S/c1-4-14(15-8-6-7-11-23-15)24-17-12-18(27)19(17)25-16-10-9-13(22)21(20(16)28)32(29,30)26(5-2)31-3/h6-11,14,17,24,28H,4-5,12H2,1-3H3. The lowest BCUT2D eigenvalue weighted by Crippen LogP contribution is -2.52. The van der Waals surface area contributed by atoms with Crippen molar-refractivity contribution in [2.75, 3.05) is 13.7 Å². The zero-order valence-electron chi connectivity index (χ0n) is 17.9. The van der Waals surface area contributed by atoms with Crippen LogP contribution in [0.15, 0.2) is 46.4 Å². The minimum atomic E-state index is -4.24. The minimum absolute atomic E-state index is 0.00373. The zero-order chi connectivity index (χ0) is 23.5. The molecular formula is C21H25ClN4O5S. The summed E-state index contributed by atoms with van der Waals surface area (Å²) >= 11 is 6.09. The molecule has 0 bridgehead atoms. The van der Waals surface area contributed by atoms with Gasteiger partial charge < -0.3 is 5.11 Å². The summed E-state index contributed by atoms with van der Waals surface area (Å²) in [5.41, 5.74) is 0.982. The Hall–Kier alpha value is -2.37. The third-order valence-corrected chi connectivity index (χ3v) is 7.45. The number of halogens is 1. The van der Waals surface area contributed by atoms with Crippen LogP contribution in [-0.2, 0) is 19.7 Å². The molecule has 2 atom stereocenters. The summed E-state index contributed by atoms with van der Waals surface area (Å²) in [6.07, 6.45) is 2.69. The Morgan fingerprint density at radius 2 is 2.09 bits per heavy atom. The molecule has 0 spiro atoms. The summed E-state index contributed by atoms with van der Waals surface area (Å²) in [5.74, 6) is -0.833. The second kappa shape index (κ2) is 10.1. The number of nitrogens with one attached hydrogen (secondary N) is 1. The van der Waals surface area contributed by atoms with Crippen molar-refractivity contribution in [3.8, 4) is 5.75 Å². The van der Waals surface area contributed by atoms with Gasteiger partial charge >= 0.3 is 0 Å². The average Bonchev–Trinajstić information content (AvgIpc) is 2.77. The summed E-state index contributed by atoms with van der Waals surface area (Å²) in [4.78, 5) is 25.3. The van der Waals surface area contributed by atoms with Crippen LogP contribution in [0.3, 0.4) is 0 Å². The molecule has 2 aromatic rings. The number of rotatable bonds is 9. The summed E-state index contributed by atoms with van der Waals surface area (Å²) in [7, 11) is -3.04. The van der Waals surface area contributed by atoms with E-state index in [0.717, 1.165) is 12.1 Å². The lowest BCUT2D eigenvalue weighted by atomic mass is 9.87. The first-order valence-electron chi connectivity index (χ1n) is 10.1. The number of ketones is 1. The van der Waals surface area contributed by atoms with Gasteiger partial charge in [0, 0.05) is 25.2 Å². The molecule has 172 valence electrons. The SMILES string of the molecule is CCC(NC1CC(=O)C1=Nc1ccc(Cl)c(S(=O)(=O)N(CC)OC)c1O)c1ccccn1. The number of hydrogen-bond donors (Lipinski definition) is 2. The number of Topliss-reactive ketones (excluding diaryl/α,β-unsaturated/α-hetero) is 1. The van der Waals surface area contributed by atoms with Gasteiger partial charge in [0.15, 0.2) is 11.5 Å². The van der Waals surface area contributed by atoms with Gasteiger partial charge in [0.1, 0.15) is 16.3 Å². The lowest BCUT2D eigenvalue weighted by molar-refractivity contribution is -0.115. The number of phenols is 1. The van der Waals surface area contributed by atoms with Crippen molar-refractivity contribution in [1.82, 2.24) is 14.8 Å². The number of phenolic OH excluding ortho intramolecular Hbond substituents is 1. The van der Waals surface area contributed by atoms with Crippen molar-refractivity contribution in [2.24, 2.45) is 4.99 Å². The molecule has 32 heavy (non-hydrogen) atoms. The number of benzene rings is 1. The summed E-state index contributed by atoms with van der Waals surface area (Å²) in [6, 6.07) is 7.85. The Bertz CT molecular complexity index is 1120. The number of nitrogens with zero attached hydrogens (tertiary/aromatic N) is 3. The van der Waals surface area contributed by atoms with E-state index in [1.807, 2.05) is 25.1 Å². The molecule has 1 aromatic carbocycles. The molecule has 0 radical (unpaired) electrons. The fourth-order valence-corrected chi connectivity index (χ4v) is 5.31. The fourth-order valence-electron chi connectivity index (χ4n) is 3.47. The zero-order valence-corrected chi connectivity index (χ0v) is 19.5. The van der Waals surface area contributed by atoms with Gasteiger partial charge in [-0.1, -0.05) is 29.1 Å². The Morgan fingerprint density at radius 3 is 2.66 bits per heavy atom. The van der Waals surface area contributed by atoms with Gasteiger partial charge in [0.05, 0.1) is 23.9 Å². The number of hydroxylamine groups is 1. The van der Waals surface area contributed by atoms with E-state index in [1.165, 1.54) is 19.2 Å². The monoisotopic (exact) mass is 480 g/mol. The first kappa shape index (κ1) is 24.3. The maximum absolute atomic E-state index is 12.8. The molecule has 2 N–H and O–H groups in total. The summed E-state index contributed by atoms with van der Waals surface area (Å²) in [5, 5.41) is 13.9. The number of sulfonamides is 1. The van der Waals surface area contributed by atoms with Gasteiger partial charge in [-0.05, 0) is 37.6 Å². The molecule has 1 aliphatic carbocycles. The molecular weight excluding hydrogens is 456 g/mol. The molecule has 11 heteroatoms. The van der Waals surface area contributed by atoms with Gasteiger partial charge in [-0.25, -0.2) is 13.4 Å². The van der Waals surface area contributed by atoms with Crippen LogP contribution >= 0.6 is 11.6 Å². The largest absolute Gasteiger partial charge is 0.504 e. The number of carbonyl (C=O) groups excluding carboxylic acids is 1. The van der Waals surface area contributed by atoms with E-state index < -0.39 is 20.7 Å². The number of aliphatic imine (C=N–C) groups is 1. The van der Waals surface area contributed by atoms with E-state index in [0.29, 0.717) is 4.47 Å². The third-order valence-electron chi connectivity index (χ3n) is 5.15. The van der Waals surface area contributed by atoms with E-state index in [1.54, 1.807) is 13.1 Å². The minimum Gasteiger partial charge on any atom is -0.504 e. The molecule has 0 saturated heterocycles. The topological polar surface area (TPSA) is 121 Å². The first-order valence-corrected chi connectivity index (χ1v) is 11.9. The molecule has 1 aromatic heterocycles. The maximum Gasteiger partial charge on any atom is 0.270 e. The van der Waals surface area contributed by atoms with Crippen molar-refractivity contribution in [2.45, 2.75) is 43.7 Å². The molecule has 0 aliphatic heterocycles. The van der Waals surface area contributed by atoms with Crippen LogP contribution in [0.1, 0.15) is 38.4 Å². The van der Waals surface area contributed by atoms with Crippen molar-refractivity contribution < 1.29 is 23.2 Å². The van der Waals surface area contributed by atoms with Crippen LogP contribution < -0.4 is 5.32 Å². The third kappa shape index (κ3) is 4.69. The maximum atomic E-state index is 12.8. The van der Waals surface area contributed by atoms with Crippen LogP contribution in [0.5, 0.6) is 5.75 Å². The van der Waals surface area contributed by atoms with Crippen molar-refractivity contribution >= 4 is 38.8 Å². The van der Waals surface area contributed by atoms with Gasteiger partial charge in [-0.3, -0.25) is 19.9 Å². The predicted molar refractivity (Wildman–Crippen MR) is 121 cm³/mol. The van der Waals surface area contributed by atoms with Gasteiger partial charge in [-0.2, -0.15) is 0 Å². The number of carbonyl (C=O) groups is 1. The highest BCUT2D eigenvalue weighted by molar-refractivity contribution is 7.89. The highest BCUT2D eigenvalue weighted by Gasteiger charge is 2.38. The number of aromatic nitrogens is 1. The number of aromatic hydroxyl groups is 1. The average molecular weight is 481 g/mol. The Morgan fingerprint density at radius 1 is 1.34 bits per heavy atom. The van der Waals surface area contributed by atoms with E-state index in [-0.39, 0.29) is 47.3 Å². The van der Waals surface area contributed by atoms with Crippen molar-refractivity contribution in [3.05, 3.63) is 47.2 Å². The number of pyridine rings is 1. The van der Waals surface area contributed by atoms with Crippen molar-refractivity contribution in [3.63, 3.8) is 0 Å². The van der Waals surface area contributed by atoms with Crippen molar-refractivity contribution in [1.29, 1.82) is 0 Å². The fraction of sp³-hybridized carbons (Fsp3) is 0.381. The van der Waals surface area contributed by atoms with E-state index in [2.05, 4.69) is 15.3 Å². The summed E-state index contributed by atoms with van der Waals surface area (Å²) < 4.78 is 26.4. The molecule has 9 nitrogen and oxygen atoms in total.